The van der Waals surface area contributed by atoms with Gasteiger partial charge < -0.3 is 5.32 Å². The fourth-order valence-electron chi connectivity index (χ4n) is 1.02. The predicted octanol–water partition coefficient (Wildman–Crippen LogP) is 1.23. The maximum atomic E-state index is 10.9. The summed E-state index contributed by atoms with van der Waals surface area (Å²) in [7, 11) is 0. The molecule has 0 aliphatic carbocycles. The second-order valence-electron chi connectivity index (χ2n) is 2.90. The van der Waals surface area contributed by atoms with Gasteiger partial charge in [-0.15, -0.1) is 0 Å². The monoisotopic (exact) mass is 228 g/mol. The minimum atomic E-state index is -0.708. The Labute approximate surface area is 91.2 Å². The van der Waals surface area contributed by atoms with E-state index in [2.05, 4.69) is 5.32 Å². The van der Waals surface area contributed by atoms with Crippen molar-refractivity contribution >= 4 is 17.5 Å². The first-order chi connectivity index (χ1) is 7.08. The van der Waals surface area contributed by atoms with Gasteiger partial charge in [0.1, 0.15) is 0 Å². The van der Waals surface area contributed by atoms with Crippen LogP contribution >= 0.6 is 11.6 Å². The van der Waals surface area contributed by atoms with Gasteiger partial charge in [-0.2, -0.15) is 0 Å². The van der Waals surface area contributed by atoms with Gasteiger partial charge in [0.05, 0.1) is 0 Å². The van der Waals surface area contributed by atoms with Gasteiger partial charge >= 0.3 is 0 Å². The molecule has 15 heavy (non-hydrogen) atoms. The molecule has 0 radical (unpaired) electrons. The van der Waals surface area contributed by atoms with Crippen LogP contribution in [0, 0.1) is 10.1 Å². The van der Waals surface area contributed by atoms with Crippen LogP contribution in [0.1, 0.15) is 5.56 Å². The molecule has 1 amide bonds. The summed E-state index contributed by atoms with van der Waals surface area (Å²) >= 11 is 5.72. The number of halogens is 1. The van der Waals surface area contributed by atoms with E-state index in [1.807, 2.05) is 0 Å². The molecule has 1 rings (SSSR count). The molecule has 0 aromatic heterocycles. The maximum Gasteiger partial charge on any atom is 0.292 e. The Kier molecular flexibility index (Phi) is 4.05. The molecule has 1 aromatic carbocycles. The molecule has 80 valence electrons. The minimum absolute atomic E-state index is 0.243. The zero-order valence-corrected chi connectivity index (χ0v) is 8.53. The lowest BCUT2D eigenvalue weighted by Gasteiger charge is -2.02. The van der Waals surface area contributed by atoms with E-state index in [0.29, 0.717) is 5.02 Å². The van der Waals surface area contributed by atoms with E-state index < -0.39 is 17.4 Å². The number of nitro groups is 1. The number of nitrogens with zero attached hydrogens (tertiary/aromatic N) is 1. The summed E-state index contributed by atoms with van der Waals surface area (Å²) in [5.41, 5.74) is 0.805. The molecule has 0 unspecified atom stereocenters. The molecule has 0 saturated carbocycles. The summed E-state index contributed by atoms with van der Waals surface area (Å²) in [6.45, 7) is -0.464. The van der Waals surface area contributed by atoms with E-state index in [1.165, 1.54) is 0 Å². The van der Waals surface area contributed by atoms with Crippen LogP contribution in [-0.4, -0.2) is 17.4 Å². The third-order valence-electron chi connectivity index (χ3n) is 1.65. The molecule has 1 N–H and O–H groups in total. The van der Waals surface area contributed by atoms with Crippen LogP contribution < -0.4 is 5.32 Å². The highest BCUT2D eigenvalue weighted by atomic mass is 35.5. The first-order valence-corrected chi connectivity index (χ1v) is 4.58. The molecule has 0 saturated heterocycles. The third kappa shape index (κ3) is 4.42. The number of rotatable bonds is 4. The zero-order chi connectivity index (χ0) is 11.3. The Hall–Kier alpha value is -1.62. The van der Waals surface area contributed by atoms with Gasteiger partial charge in [0.15, 0.2) is 0 Å². The van der Waals surface area contributed by atoms with Gasteiger partial charge in [-0.05, 0) is 17.7 Å². The second-order valence-corrected chi connectivity index (χ2v) is 3.33. The first kappa shape index (κ1) is 11.5. The van der Waals surface area contributed by atoms with Crippen LogP contribution in [0.2, 0.25) is 5.02 Å². The fourth-order valence-corrected chi connectivity index (χ4v) is 1.23. The summed E-state index contributed by atoms with van der Waals surface area (Å²) in [5.74, 6) is -0.611. The zero-order valence-electron chi connectivity index (χ0n) is 7.77. The Morgan fingerprint density at radius 3 is 2.87 bits per heavy atom. The first-order valence-electron chi connectivity index (χ1n) is 4.21. The molecule has 0 spiro atoms. The Bertz CT molecular complexity index is 381. The van der Waals surface area contributed by atoms with Crippen molar-refractivity contribution in [2.24, 2.45) is 0 Å². The van der Waals surface area contributed by atoms with Crippen LogP contribution in [0.15, 0.2) is 24.3 Å². The highest BCUT2D eigenvalue weighted by Gasteiger charge is 2.08. The highest BCUT2D eigenvalue weighted by molar-refractivity contribution is 6.30. The number of benzene rings is 1. The van der Waals surface area contributed by atoms with Crippen molar-refractivity contribution in [1.29, 1.82) is 0 Å². The fraction of sp³-hybridized carbons (Fsp3) is 0.222. The van der Waals surface area contributed by atoms with Crippen molar-refractivity contribution in [3.63, 3.8) is 0 Å². The van der Waals surface area contributed by atoms with E-state index in [-0.39, 0.29) is 6.54 Å². The van der Waals surface area contributed by atoms with Crippen LogP contribution in [0.5, 0.6) is 0 Å². The Morgan fingerprint density at radius 1 is 1.53 bits per heavy atom. The van der Waals surface area contributed by atoms with Crippen LogP contribution in [-0.2, 0) is 11.3 Å². The molecule has 0 bridgehead atoms. The van der Waals surface area contributed by atoms with Crippen molar-refractivity contribution in [3.8, 4) is 0 Å². The SMILES string of the molecule is O=C(C[N+](=O)[O-])NCc1cccc(Cl)c1. The lowest BCUT2D eigenvalue weighted by atomic mass is 10.2. The van der Waals surface area contributed by atoms with Gasteiger partial charge in [-0.1, -0.05) is 23.7 Å². The summed E-state index contributed by atoms with van der Waals surface area (Å²) in [6.07, 6.45) is 0. The standard InChI is InChI=1S/C9H9ClN2O3/c10-8-3-1-2-7(4-8)5-11-9(13)6-12(14)15/h1-4H,5-6H2,(H,11,13). The van der Waals surface area contributed by atoms with Gasteiger partial charge in [0.25, 0.3) is 12.5 Å². The van der Waals surface area contributed by atoms with Gasteiger partial charge in [-0.25, -0.2) is 0 Å². The molecular formula is C9H9ClN2O3. The van der Waals surface area contributed by atoms with Gasteiger partial charge in [0, 0.05) is 16.5 Å². The highest BCUT2D eigenvalue weighted by Crippen LogP contribution is 2.09. The van der Waals surface area contributed by atoms with Gasteiger partial charge in [-0.3, -0.25) is 14.9 Å². The van der Waals surface area contributed by atoms with Crippen molar-refractivity contribution in [2.45, 2.75) is 6.54 Å². The smallest absolute Gasteiger partial charge is 0.292 e. The average molecular weight is 229 g/mol. The molecule has 1 aromatic rings. The van der Waals surface area contributed by atoms with Crippen molar-refractivity contribution in [1.82, 2.24) is 5.32 Å². The molecule has 5 nitrogen and oxygen atoms in total. The molecule has 6 heteroatoms. The quantitative estimate of drug-likeness (QED) is 0.622. The van der Waals surface area contributed by atoms with Crippen molar-refractivity contribution in [2.75, 3.05) is 6.54 Å². The number of amides is 1. The van der Waals surface area contributed by atoms with E-state index in [1.54, 1.807) is 24.3 Å². The lowest BCUT2D eigenvalue weighted by molar-refractivity contribution is -0.467. The van der Waals surface area contributed by atoms with E-state index in [4.69, 9.17) is 11.6 Å². The largest absolute Gasteiger partial charge is 0.346 e. The molecular weight excluding hydrogens is 220 g/mol. The number of hydrogen-bond donors (Lipinski definition) is 1. The molecule has 0 fully saturated rings. The van der Waals surface area contributed by atoms with E-state index in [9.17, 15) is 14.9 Å². The Balaban J connectivity index is 2.43. The summed E-state index contributed by atoms with van der Waals surface area (Å²) in [5, 5.41) is 13.0. The number of hydrogen-bond acceptors (Lipinski definition) is 3. The van der Waals surface area contributed by atoms with Crippen molar-refractivity contribution in [3.05, 3.63) is 45.0 Å². The maximum absolute atomic E-state index is 10.9. The van der Waals surface area contributed by atoms with E-state index >= 15 is 0 Å². The second kappa shape index (κ2) is 5.31. The summed E-state index contributed by atoms with van der Waals surface area (Å²) < 4.78 is 0. The number of carbonyl (C=O) groups excluding carboxylic acids is 1. The summed E-state index contributed by atoms with van der Waals surface area (Å²) in [6, 6.07) is 6.92. The average Bonchev–Trinajstić information content (AvgIpc) is 2.14. The molecule has 0 aliphatic heterocycles. The van der Waals surface area contributed by atoms with Crippen LogP contribution in [0.25, 0.3) is 0 Å². The molecule has 0 heterocycles. The molecule has 0 atom stereocenters. The third-order valence-corrected chi connectivity index (χ3v) is 1.89. The predicted molar refractivity (Wildman–Crippen MR) is 55.2 cm³/mol. The topological polar surface area (TPSA) is 72.2 Å². The number of nitrogens with one attached hydrogen (secondary N) is 1. The Morgan fingerprint density at radius 2 is 2.27 bits per heavy atom. The summed E-state index contributed by atoms with van der Waals surface area (Å²) in [4.78, 5) is 20.3. The van der Waals surface area contributed by atoms with E-state index in [0.717, 1.165) is 5.56 Å². The molecule has 0 aliphatic rings. The van der Waals surface area contributed by atoms with Gasteiger partial charge in [0.2, 0.25) is 0 Å². The number of carbonyl (C=O) groups is 1. The van der Waals surface area contributed by atoms with Crippen LogP contribution in [0.4, 0.5) is 0 Å². The normalized spacial score (nSPS) is 9.67. The lowest BCUT2D eigenvalue weighted by Crippen LogP contribution is -2.29. The minimum Gasteiger partial charge on any atom is -0.346 e. The van der Waals surface area contributed by atoms with Crippen LogP contribution in [0.3, 0.4) is 0 Å². The van der Waals surface area contributed by atoms with Crippen molar-refractivity contribution < 1.29 is 9.72 Å².